The Morgan fingerprint density at radius 3 is 2.62 bits per heavy atom. The van der Waals surface area contributed by atoms with E-state index in [1.807, 2.05) is 49.3 Å². The molecule has 3 aromatic rings. The topological polar surface area (TPSA) is 45.7 Å². The molecule has 0 unspecified atom stereocenters. The molecule has 5 nitrogen and oxygen atoms in total. The first-order chi connectivity index (χ1) is 12.5. The number of fused-ring (bicyclic) bond motifs is 1. The molecule has 0 bridgehead atoms. The summed E-state index contributed by atoms with van der Waals surface area (Å²) in [5, 5.41) is 1.07. The number of hydrogen-bond donors (Lipinski definition) is 0. The SMILES string of the molecule is COc1cccc2sc(N(CCN(C)C)C(=O)c3ccccc3Cl)nc12. The van der Waals surface area contributed by atoms with Crippen LogP contribution in [0.25, 0.3) is 10.2 Å². The minimum absolute atomic E-state index is 0.157. The van der Waals surface area contributed by atoms with Gasteiger partial charge in [-0.15, -0.1) is 0 Å². The van der Waals surface area contributed by atoms with E-state index in [0.717, 1.165) is 10.2 Å². The van der Waals surface area contributed by atoms with Crippen molar-refractivity contribution >= 4 is 44.2 Å². The predicted octanol–water partition coefficient (Wildman–Crippen LogP) is 4.17. The summed E-state index contributed by atoms with van der Waals surface area (Å²) in [5.41, 5.74) is 1.23. The van der Waals surface area contributed by atoms with Gasteiger partial charge in [-0.1, -0.05) is 41.1 Å². The number of methoxy groups -OCH3 is 1. The lowest BCUT2D eigenvalue weighted by Gasteiger charge is -2.22. The second-order valence-corrected chi connectivity index (χ2v) is 7.46. The third kappa shape index (κ3) is 3.82. The molecule has 0 atom stereocenters. The molecule has 0 saturated carbocycles. The number of carbonyl (C=O) groups is 1. The number of amides is 1. The quantitative estimate of drug-likeness (QED) is 0.634. The fraction of sp³-hybridized carbons (Fsp3) is 0.263. The first kappa shape index (κ1) is 18.6. The van der Waals surface area contributed by atoms with E-state index in [4.69, 9.17) is 16.3 Å². The van der Waals surface area contributed by atoms with Gasteiger partial charge in [0, 0.05) is 13.1 Å². The van der Waals surface area contributed by atoms with E-state index < -0.39 is 0 Å². The Hall–Kier alpha value is -2.15. The van der Waals surface area contributed by atoms with Crippen molar-refractivity contribution in [3.05, 3.63) is 53.1 Å². The molecular weight excluding hydrogens is 370 g/mol. The summed E-state index contributed by atoms with van der Waals surface area (Å²) in [6.45, 7) is 1.22. The van der Waals surface area contributed by atoms with Crippen molar-refractivity contribution in [3.63, 3.8) is 0 Å². The smallest absolute Gasteiger partial charge is 0.261 e. The maximum absolute atomic E-state index is 13.2. The summed E-state index contributed by atoms with van der Waals surface area (Å²) < 4.78 is 6.37. The number of benzene rings is 2. The molecule has 2 aromatic carbocycles. The summed E-state index contributed by atoms with van der Waals surface area (Å²) >= 11 is 7.71. The molecule has 26 heavy (non-hydrogen) atoms. The maximum atomic E-state index is 13.2. The van der Waals surface area contributed by atoms with Crippen molar-refractivity contribution < 1.29 is 9.53 Å². The average Bonchev–Trinajstić information content (AvgIpc) is 3.05. The first-order valence-corrected chi connectivity index (χ1v) is 9.35. The van der Waals surface area contributed by atoms with E-state index in [9.17, 15) is 4.79 Å². The van der Waals surface area contributed by atoms with Crippen LogP contribution in [0.4, 0.5) is 5.13 Å². The van der Waals surface area contributed by atoms with Crippen LogP contribution < -0.4 is 9.64 Å². The monoisotopic (exact) mass is 389 g/mol. The number of likely N-dealkylation sites (N-methyl/N-ethyl adjacent to an activating group) is 1. The number of aromatic nitrogens is 1. The zero-order chi connectivity index (χ0) is 18.7. The molecule has 7 heteroatoms. The van der Waals surface area contributed by atoms with Gasteiger partial charge >= 0.3 is 0 Å². The summed E-state index contributed by atoms with van der Waals surface area (Å²) in [7, 11) is 5.56. The van der Waals surface area contributed by atoms with Crippen molar-refractivity contribution in [2.24, 2.45) is 0 Å². The number of rotatable bonds is 6. The number of carbonyl (C=O) groups excluding carboxylic acids is 1. The molecule has 1 amide bonds. The molecule has 1 aromatic heterocycles. The molecule has 0 saturated heterocycles. The lowest BCUT2D eigenvalue weighted by molar-refractivity contribution is 0.0985. The Labute approximate surface area is 161 Å². The van der Waals surface area contributed by atoms with Crippen LogP contribution in [0.5, 0.6) is 5.75 Å². The minimum Gasteiger partial charge on any atom is -0.494 e. The Morgan fingerprint density at radius 1 is 1.15 bits per heavy atom. The third-order valence-electron chi connectivity index (χ3n) is 3.94. The molecule has 0 aliphatic heterocycles. The zero-order valence-corrected chi connectivity index (χ0v) is 16.5. The highest BCUT2D eigenvalue weighted by molar-refractivity contribution is 7.22. The van der Waals surface area contributed by atoms with Crippen LogP contribution in [0.2, 0.25) is 5.02 Å². The van der Waals surface area contributed by atoms with Crippen molar-refractivity contribution in [2.75, 3.05) is 39.2 Å². The number of halogens is 1. The molecule has 0 aliphatic rings. The molecule has 136 valence electrons. The molecular formula is C19H20ClN3O2S. The van der Waals surface area contributed by atoms with Crippen molar-refractivity contribution in [1.29, 1.82) is 0 Å². The van der Waals surface area contributed by atoms with E-state index in [-0.39, 0.29) is 5.91 Å². The summed E-state index contributed by atoms with van der Waals surface area (Å²) in [4.78, 5) is 21.6. The lowest BCUT2D eigenvalue weighted by Crippen LogP contribution is -2.36. The molecule has 0 aliphatic carbocycles. The van der Waals surface area contributed by atoms with Gasteiger partial charge in [0.15, 0.2) is 5.13 Å². The lowest BCUT2D eigenvalue weighted by atomic mass is 10.2. The summed E-state index contributed by atoms with van der Waals surface area (Å²) in [6, 6.07) is 12.8. The van der Waals surface area contributed by atoms with Crippen molar-refractivity contribution in [2.45, 2.75) is 0 Å². The van der Waals surface area contributed by atoms with E-state index in [0.29, 0.717) is 34.6 Å². The Balaban J connectivity index is 2.04. The van der Waals surface area contributed by atoms with Gasteiger partial charge < -0.3 is 9.64 Å². The van der Waals surface area contributed by atoms with Crippen molar-refractivity contribution in [1.82, 2.24) is 9.88 Å². The van der Waals surface area contributed by atoms with Crippen LogP contribution in [0.3, 0.4) is 0 Å². The van der Waals surface area contributed by atoms with Gasteiger partial charge in [-0.2, -0.15) is 0 Å². The van der Waals surface area contributed by atoms with Gasteiger partial charge in [-0.25, -0.2) is 4.98 Å². The first-order valence-electron chi connectivity index (χ1n) is 8.16. The number of anilines is 1. The van der Waals surface area contributed by atoms with E-state index in [1.54, 1.807) is 24.1 Å². The second kappa shape index (κ2) is 8.03. The van der Waals surface area contributed by atoms with Gasteiger partial charge in [0.25, 0.3) is 5.91 Å². The molecule has 0 fully saturated rings. The van der Waals surface area contributed by atoms with Crippen LogP contribution in [0.15, 0.2) is 42.5 Å². The van der Waals surface area contributed by atoms with Gasteiger partial charge in [-0.05, 0) is 38.4 Å². The maximum Gasteiger partial charge on any atom is 0.261 e. The van der Waals surface area contributed by atoms with Crippen LogP contribution in [0.1, 0.15) is 10.4 Å². The van der Waals surface area contributed by atoms with Gasteiger partial charge in [0.05, 0.1) is 22.4 Å². The number of hydrogen-bond acceptors (Lipinski definition) is 5. The largest absolute Gasteiger partial charge is 0.494 e. The number of thiazole rings is 1. The van der Waals surface area contributed by atoms with Crippen LogP contribution in [0, 0.1) is 0 Å². The number of para-hydroxylation sites is 1. The van der Waals surface area contributed by atoms with Crippen molar-refractivity contribution in [3.8, 4) is 5.75 Å². The van der Waals surface area contributed by atoms with Gasteiger partial charge in [0.2, 0.25) is 0 Å². The predicted molar refractivity (Wildman–Crippen MR) is 108 cm³/mol. The summed E-state index contributed by atoms with van der Waals surface area (Å²) in [6.07, 6.45) is 0. The van der Waals surface area contributed by atoms with Crippen LogP contribution >= 0.6 is 22.9 Å². The average molecular weight is 390 g/mol. The highest BCUT2D eigenvalue weighted by Crippen LogP contribution is 2.35. The number of nitrogens with zero attached hydrogens (tertiary/aromatic N) is 3. The van der Waals surface area contributed by atoms with Crippen LogP contribution in [-0.2, 0) is 0 Å². The standard InChI is InChI=1S/C19H20ClN3O2S/c1-22(2)11-12-23(18(24)13-7-4-5-8-14(13)20)19-21-17-15(25-3)9-6-10-16(17)26-19/h4-10H,11-12H2,1-3H3. The minimum atomic E-state index is -0.157. The molecule has 3 rings (SSSR count). The highest BCUT2D eigenvalue weighted by atomic mass is 35.5. The van der Waals surface area contributed by atoms with Crippen LogP contribution in [-0.4, -0.2) is 50.1 Å². The molecule has 0 radical (unpaired) electrons. The fourth-order valence-electron chi connectivity index (χ4n) is 2.56. The summed E-state index contributed by atoms with van der Waals surface area (Å²) in [5.74, 6) is 0.540. The Morgan fingerprint density at radius 2 is 1.92 bits per heavy atom. The second-order valence-electron chi connectivity index (χ2n) is 6.04. The molecule has 1 heterocycles. The molecule has 0 N–H and O–H groups in total. The van der Waals surface area contributed by atoms with E-state index >= 15 is 0 Å². The fourth-order valence-corrected chi connectivity index (χ4v) is 3.78. The Kier molecular flexibility index (Phi) is 5.76. The van der Waals surface area contributed by atoms with Gasteiger partial charge in [-0.3, -0.25) is 9.69 Å². The Bertz CT molecular complexity index is 926. The van der Waals surface area contributed by atoms with Gasteiger partial charge in [0.1, 0.15) is 11.3 Å². The normalized spacial score (nSPS) is 11.1. The number of ether oxygens (including phenoxy) is 1. The van der Waals surface area contributed by atoms with E-state index in [1.165, 1.54) is 11.3 Å². The van der Waals surface area contributed by atoms with E-state index in [2.05, 4.69) is 4.98 Å². The molecule has 0 spiro atoms. The third-order valence-corrected chi connectivity index (χ3v) is 5.31. The highest BCUT2D eigenvalue weighted by Gasteiger charge is 2.23. The zero-order valence-electron chi connectivity index (χ0n) is 14.9.